The summed E-state index contributed by atoms with van der Waals surface area (Å²) < 4.78 is 14.3. The highest BCUT2D eigenvalue weighted by molar-refractivity contribution is 7.59. The predicted molar refractivity (Wildman–Crippen MR) is 304 cm³/mol. The van der Waals surface area contributed by atoms with E-state index in [0.717, 1.165) is 44.7 Å². The summed E-state index contributed by atoms with van der Waals surface area (Å²) in [6, 6.07) is 7.31. The van der Waals surface area contributed by atoms with Crippen molar-refractivity contribution >= 4 is 106 Å². The number of hydrogen-bond acceptors (Lipinski definition) is 12. The van der Waals surface area contributed by atoms with Crippen molar-refractivity contribution < 1.29 is 33.4 Å². The number of methoxy groups -OCH3 is 1. The number of thiazole rings is 1. The standard InChI is InChI=1S/C50H70N10O7S.4H2S/c1-11-59-40-17-16-33-26-35(40)36(45(59)34-14-12-19-51-43(34)32(4)66-10)28-50(5,6)30-67-48(64)37-15-13-20-60(54-37)47(63)38(27-41-52-39(33)29-68-41)53-46(62)44(31(2)3)56(9)49(65)58-24-22-57(23-25-58)42(61)18-21-55(7)8;;;;/h12,14,16-17,19,26,29,31-32,37-38,44,54H,11,13,15,18,20-25,27-28,30H2,1-10H3,(H,53,62);4*1H2/t32-,37-,38-,44-;;;;/m0..../s1. The minimum Gasteiger partial charge on any atom is -0.464 e. The second kappa shape index (κ2) is 27.0. The zero-order valence-electron chi connectivity index (χ0n) is 43.5. The van der Waals surface area contributed by atoms with Crippen LogP contribution in [0, 0.1) is 11.3 Å². The van der Waals surface area contributed by atoms with Gasteiger partial charge in [-0.2, -0.15) is 54.0 Å². The number of hydrogen-bond donors (Lipinski definition) is 2. The average Bonchev–Trinajstić information content (AvgIpc) is 3.92. The van der Waals surface area contributed by atoms with E-state index in [0.29, 0.717) is 76.5 Å². The Morgan fingerprint density at radius 3 is 2.35 bits per heavy atom. The maximum atomic E-state index is 14.7. The van der Waals surface area contributed by atoms with Gasteiger partial charge in [0.25, 0.3) is 5.91 Å². The molecule has 0 unspecified atom stereocenters. The van der Waals surface area contributed by atoms with Crippen LogP contribution in [0.3, 0.4) is 0 Å². The molecule has 7 rings (SSSR count). The number of aryl methyl sites for hydroxylation is 1. The van der Waals surface area contributed by atoms with Crippen LogP contribution in [0.15, 0.2) is 41.9 Å². The summed E-state index contributed by atoms with van der Waals surface area (Å²) in [5.41, 5.74) is 9.28. The maximum Gasteiger partial charge on any atom is 0.324 e. The lowest BCUT2D eigenvalue weighted by atomic mass is 9.84. The molecule has 400 valence electrons. The first-order valence-corrected chi connectivity index (χ1v) is 24.9. The molecule has 3 aliphatic rings. The van der Waals surface area contributed by atoms with Crippen LogP contribution < -0.4 is 10.7 Å². The van der Waals surface area contributed by atoms with Crippen molar-refractivity contribution in [2.45, 2.75) is 104 Å². The molecule has 6 heterocycles. The molecule has 0 radical (unpaired) electrons. The molecule has 17 nitrogen and oxygen atoms in total. The highest BCUT2D eigenvalue weighted by atomic mass is 32.1. The molecule has 22 heteroatoms. The van der Waals surface area contributed by atoms with Crippen molar-refractivity contribution in [1.82, 2.24) is 49.9 Å². The number of ether oxygens (including phenoxy) is 2. The molecule has 2 N–H and O–H groups in total. The molecule has 2 saturated heterocycles. The number of esters is 1. The van der Waals surface area contributed by atoms with Gasteiger partial charge < -0.3 is 39.0 Å². The Morgan fingerprint density at radius 1 is 1.00 bits per heavy atom. The van der Waals surface area contributed by atoms with Crippen molar-refractivity contribution in [1.29, 1.82) is 0 Å². The third kappa shape index (κ3) is 14.0. The van der Waals surface area contributed by atoms with Crippen molar-refractivity contribution in [2.75, 3.05) is 74.1 Å². The number of nitrogens with one attached hydrogen (secondary N) is 2. The lowest BCUT2D eigenvalue weighted by molar-refractivity contribution is -0.155. The van der Waals surface area contributed by atoms with Gasteiger partial charge in [-0.3, -0.25) is 29.2 Å². The molecule has 6 bridgehead atoms. The quantitative estimate of drug-likeness (QED) is 0.173. The lowest BCUT2D eigenvalue weighted by Crippen LogP contribution is -2.63. The number of piperazine rings is 1. The molecule has 3 aliphatic heterocycles. The number of carbonyl (C=O) groups is 5. The second-order valence-electron chi connectivity index (χ2n) is 19.8. The number of likely N-dealkylation sites (N-methyl/N-ethyl adjacent to an activating group) is 1. The number of amides is 5. The van der Waals surface area contributed by atoms with Crippen LogP contribution in [-0.4, -0.2) is 161 Å². The summed E-state index contributed by atoms with van der Waals surface area (Å²) in [7, 11) is 7.15. The third-order valence-corrected chi connectivity index (χ3v) is 14.3. The SMILES string of the molecule is CCn1c(-c2cccnc2[C@H](C)OC)c2c3cc(ccc31)-c1csc(n1)C[C@H](NC(=O)[C@H](C(C)C)N(C)C(=O)N1CCN(C(=O)CCN(C)C)CC1)C(=O)N1CCC[C@H](N1)C(=O)OCC(C)(C)C2.S.S.S.S. The van der Waals surface area contributed by atoms with E-state index >= 15 is 0 Å². The van der Waals surface area contributed by atoms with E-state index in [2.05, 4.69) is 60.3 Å². The van der Waals surface area contributed by atoms with Crippen molar-refractivity contribution in [3.8, 4) is 22.5 Å². The van der Waals surface area contributed by atoms with Gasteiger partial charge in [-0.15, -0.1) is 11.3 Å². The number of fused-ring (bicyclic) bond motifs is 6. The molecular formula is C50H78N10O7S5. The van der Waals surface area contributed by atoms with Crippen molar-refractivity contribution in [3.05, 3.63) is 58.2 Å². The minimum absolute atomic E-state index is 0. The van der Waals surface area contributed by atoms with E-state index < -0.39 is 41.3 Å². The fourth-order valence-corrected chi connectivity index (χ4v) is 10.6. The molecule has 4 aromatic rings. The maximum absolute atomic E-state index is 14.7. The fourth-order valence-electron chi connectivity index (χ4n) is 9.71. The van der Waals surface area contributed by atoms with Crippen LogP contribution in [0.1, 0.15) is 83.2 Å². The summed E-state index contributed by atoms with van der Waals surface area (Å²) in [5.74, 6) is -1.62. The highest BCUT2D eigenvalue weighted by Crippen LogP contribution is 2.42. The zero-order chi connectivity index (χ0) is 49.0. The van der Waals surface area contributed by atoms with Gasteiger partial charge in [0.2, 0.25) is 11.8 Å². The number of nitrogens with zero attached hydrogens (tertiary/aromatic N) is 8. The number of rotatable bonds is 11. The number of urea groups is 1. The number of cyclic esters (lactones) is 1. The van der Waals surface area contributed by atoms with Gasteiger partial charge in [-0.25, -0.2) is 15.2 Å². The number of benzene rings is 1. The van der Waals surface area contributed by atoms with Crippen LogP contribution in [0.5, 0.6) is 0 Å². The third-order valence-electron chi connectivity index (χ3n) is 13.4. The van der Waals surface area contributed by atoms with E-state index in [4.69, 9.17) is 19.4 Å². The molecular weight excluding hydrogens is 1010 g/mol. The normalized spacial score (nSPS) is 18.9. The summed E-state index contributed by atoms with van der Waals surface area (Å²) in [6.07, 6.45) is 3.60. The Labute approximate surface area is 457 Å². The van der Waals surface area contributed by atoms with Gasteiger partial charge >= 0.3 is 12.0 Å². The number of hydrazine groups is 1. The molecule has 0 aliphatic carbocycles. The lowest BCUT2D eigenvalue weighted by Gasteiger charge is -2.40. The van der Waals surface area contributed by atoms with Crippen molar-refractivity contribution in [2.24, 2.45) is 11.3 Å². The summed E-state index contributed by atoms with van der Waals surface area (Å²) in [6.45, 7) is 15.4. The minimum atomic E-state index is -1.08. The summed E-state index contributed by atoms with van der Waals surface area (Å²) in [4.78, 5) is 86.7. The summed E-state index contributed by atoms with van der Waals surface area (Å²) in [5, 5.41) is 8.13. The monoisotopic (exact) mass is 1090 g/mol. The Bertz CT molecular complexity index is 2490. The number of aromatic nitrogens is 3. The molecule has 72 heavy (non-hydrogen) atoms. The highest BCUT2D eigenvalue weighted by Gasteiger charge is 2.39. The molecule has 3 aromatic heterocycles. The smallest absolute Gasteiger partial charge is 0.324 e. The van der Waals surface area contributed by atoms with Gasteiger partial charge in [-0.05, 0) is 83.0 Å². The van der Waals surface area contributed by atoms with Gasteiger partial charge in [-0.1, -0.05) is 33.8 Å². The van der Waals surface area contributed by atoms with Gasteiger partial charge in [0.05, 0.1) is 34.8 Å². The largest absolute Gasteiger partial charge is 0.464 e. The van der Waals surface area contributed by atoms with Crippen LogP contribution >= 0.6 is 65.3 Å². The molecule has 0 saturated carbocycles. The zero-order valence-corrected chi connectivity index (χ0v) is 48.3. The van der Waals surface area contributed by atoms with Gasteiger partial charge in [0, 0.05) is 112 Å². The fraction of sp³-hybridized carbons (Fsp3) is 0.580. The molecule has 0 spiro atoms. The number of carbonyl (C=O) groups excluding carboxylic acids is 5. The molecule has 4 atom stereocenters. The Balaban J connectivity index is 0.00000342. The predicted octanol–water partition coefficient (Wildman–Crippen LogP) is 5.83. The summed E-state index contributed by atoms with van der Waals surface area (Å²) >= 11 is 1.41. The Kier molecular flexibility index (Phi) is 23.3. The van der Waals surface area contributed by atoms with Crippen LogP contribution in [0.4, 0.5) is 4.79 Å². The van der Waals surface area contributed by atoms with Crippen LogP contribution in [0.25, 0.3) is 33.4 Å². The van der Waals surface area contributed by atoms with Crippen molar-refractivity contribution in [3.63, 3.8) is 0 Å². The van der Waals surface area contributed by atoms with Crippen LogP contribution in [-0.2, 0) is 48.0 Å². The molecule has 1 aromatic carbocycles. The van der Waals surface area contributed by atoms with E-state index in [9.17, 15) is 24.0 Å². The van der Waals surface area contributed by atoms with E-state index in [1.165, 1.54) is 21.2 Å². The van der Waals surface area contributed by atoms with Gasteiger partial charge in [0.1, 0.15) is 18.1 Å². The first kappa shape index (κ1) is 62.3. The second-order valence-corrected chi connectivity index (χ2v) is 20.7. The topological polar surface area (TPSA) is 175 Å². The average molecular weight is 1090 g/mol. The van der Waals surface area contributed by atoms with Gasteiger partial charge in [0.15, 0.2) is 0 Å². The molecule has 2 fully saturated rings. The molecule has 5 amide bonds. The van der Waals surface area contributed by atoms with E-state index in [-0.39, 0.29) is 91.0 Å². The first-order chi connectivity index (χ1) is 32.4. The number of pyridine rings is 1. The van der Waals surface area contributed by atoms with E-state index in [1.807, 2.05) is 51.2 Å². The first-order valence-electron chi connectivity index (χ1n) is 24.0. The van der Waals surface area contributed by atoms with E-state index in [1.54, 1.807) is 30.2 Å². The Morgan fingerprint density at radius 2 is 1.69 bits per heavy atom. The Hall–Kier alpha value is -4.03. The van der Waals surface area contributed by atoms with Crippen LogP contribution in [0.2, 0.25) is 0 Å².